The Balaban J connectivity index is 1.58. The Morgan fingerprint density at radius 3 is 2.43 bits per heavy atom. The number of rotatable bonds is 4. The second-order valence-corrected chi connectivity index (χ2v) is 6.85. The van der Waals surface area contributed by atoms with Gasteiger partial charge in [-0.2, -0.15) is 5.10 Å². The molecular weight excluding hydrogens is 374 g/mol. The average molecular weight is 392 g/mol. The number of furan rings is 1. The molecule has 0 unspecified atom stereocenters. The summed E-state index contributed by atoms with van der Waals surface area (Å²) in [6.45, 7) is 3.78. The molecule has 5 nitrogen and oxygen atoms in total. The molecule has 2 aromatic carbocycles. The number of carbonyl (C=O) groups excluding carboxylic acids is 1. The monoisotopic (exact) mass is 391 g/mol. The molecule has 0 fully saturated rings. The van der Waals surface area contributed by atoms with Crippen LogP contribution in [0.3, 0.4) is 0 Å². The highest BCUT2D eigenvalue weighted by Gasteiger charge is 2.18. The van der Waals surface area contributed by atoms with Crippen molar-refractivity contribution in [3.63, 3.8) is 0 Å². The maximum Gasteiger partial charge on any atom is 0.291 e. The molecule has 1 amide bonds. The van der Waals surface area contributed by atoms with Gasteiger partial charge in [-0.15, -0.1) is 0 Å². The number of carbonyl (C=O) groups is 1. The Morgan fingerprint density at radius 2 is 1.71 bits per heavy atom. The molecule has 0 spiro atoms. The SMILES string of the molecule is Cc1nn(-c2ccccc2)c(C)c1NC(=O)c1ccc(-c2ccc(Cl)cc2)o1. The van der Waals surface area contributed by atoms with Gasteiger partial charge in [0.25, 0.3) is 5.91 Å². The Labute approximate surface area is 167 Å². The zero-order chi connectivity index (χ0) is 19.7. The quantitative estimate of drug-likeness (QED) is 0.488. The number of para-hydroxylation sites is 1. The first kappa shape index (κ1) is 18.1. The van der Waals surface area contributed by atoms with E-state index in [-0.39, 0.29) is 11.7 Å². The summed E-state index contributed by atoms with van der Waals surface area (Å²) in [7, 11) is 0. The van der Waals surface area contributed by atoms with Crippen molar-refractivity contribution < 1.29 is 9.21 Å². The normalized spacial score (nSPS) is 10.8. The highest BCUT2D eigenvalue weighted by atomic mass is 35.5. The zero-order valence-electron chi connectivity index (χ0n) is 15.4. The minimum Gasteiger partial charge on any atom is -0.451 e. The molecule has 4 rings (SSSR count). The number of anilines is 1. The third-order valence-corrected chi connectivity index (χ3v) is 4.74. The molecule has 0 atom stereocenters. The van der Waals surface area contributed by atoms with Crippen molar-refractivity contribution in [2.24, 2.45) is 0 Å². The summed E-state index contributed by atoms with van der Waals surface area (Å²) < 4.78 is 7.54. The molecule has 0 radical (unpaired) electrons. The number of aromatic nitrogens is 2. The number of benzene rings is 2. The predicted octanol–water partition coefficient (Wildman–Crippen LogP) is 5.65. The van der Waals surface area contributed by atoms with Gasteiger partial charge in [0.1, 0.15) is 5.76 Å². The van der Waals surface area contributed by atoms with Gasteiger partial charge >= 0.3 is 0 Å². The van der Waals surface area contributed by atoms with Gasteiger partial charge in [0.15, 0.2) is 5.76 Å². The topological polar surface area (TPSA) is 60.1 Å². The van der Waals surface area contributed by atoms with Gasteiger partial charge < -0.3 is 9.73 Å². The summed E-state index contributed by atoms with van der Waals surface area (Å²) in [6.07, 6.45) is 0. The molecule has 1 N–H and O–H groups in total. The maximum atomic E-state index is 12.7. The van der Waals surface area contributed by atoms with Crippen molar-refractivity contribution in [2.75, 3.05) is 5.32 Å². The Bertz CT molecular complexity index is 1130. The van der Waals surface area contributed by atoms with E-state index in [1.165, 1.54) is 0 Å². The van der Waals surface area contributed by atoms with E-state index in [0.717, 1.165) is 22.6 Å². The van der Waals surface area contributed by atoms with Crippen LogP contribution in [0.4, 0.5) is 5.69 Å². The van der Waals surface area contributed by atoms with Crippen LogP contribution in [0.15, 0.2) is 71.1 Å². The second kappa shape index (κ2) is 7.37. The largest absolute Gasteiger partial charge is 0.451 e. The number of aryl methyl sites for hydroxylation is 1. The van der Waals surface area contributed by atoms with Crippen LogP contribution >= 0.6 is 11.6 Å². The van der Waals surface area contributed by atoms with Crippen LogP contribution in [-0.2, 0) is 0 Å². The number of nitrogens with zero attached hydrogens (tertiary/aromatic N) is 2. The molecule has 0 saturated heterocycles. The van der Waals surface area contributed by atoms with Crippen molar-refractivity contribution in [3.8, 4) is 17.0 Å². The molecule has 28 heavy (non-hydrogen) atoms. The van der Waals surface area contributed by atoms with E-state index in [4.69, 9.17) is 16.0 Å². The zero-order valence-corrected chi connectivity index (χ0v) is 16.2. The standard InChI is InChI=1S/C22H18ClN3O2/c1-14-21(15(2)26(25-14)18-6-4-3-5-7-18)24-22(27)20-13-12-19(28-20)16-8-10-17(23)11-9-16/h3-13H,1-2H3,(H,24,27). The summed E-state index contributed by atoms with van der Waals surface area (Å²) >= 11 is 5.92. The predicted molar refractivity (Wildman–Crippen MR) is 110 cm³/mol. The smallest absolute Gasteiger partial charge is 0.291 e. The first-order valence-corrected chi connectivity index (χ1v) is 9.19. The average Bonchev–Trinajstić information content (AvgIpc) is 3.30. The van der Waals surface area contributed by atoms with Crippen LogP contribution < -0.4 is 5.32 Å². The molecule has 0 bridgehead atoms. The summed E-state index contributed by atoms with van der Waals surface area (Å²) in [6, 6.07) is 20.5. The van der Waals surface area contributed by atoms with E-state index >= 15 is 0 Å². The molecule has 0 saturated carbocycles. The molecule has 4 aromatic rings. The summed E-state index contributed by atoms with van der Waals surface area (Å²) in [5.74, 6) is 0.519. The molecular formula is C22H18ClN3O2. The summed E-state index contributed by atoms with van der Waals surface area (Å²) in [5.41, 5.74) is 4.05. The van der Waals surface area contributed by atoms with Crippen molar-refractivity contribution >= 4 is 23.2 Å². The Hall–Kier alpha value is -3.31. The van der Waals surface area contributed by atoms with Crippen LogP contribution in [0.25, 0.3) is 17.0 Å². The summed E-state index contributed by atoms with van der Waals surface area (Å²) in [5, 5.41) is 8.12. The minimum atomic E-state index is -0.320. The van der Waals surface area contributed by atoms with E-state index in [1.807, 2.05) is 61.0 Å². The lowest BCUT2D eigenvalue weighted by molar-refractivity contribution is 0.0997. The Morgan fingerprint density at radius 1 is 1.00 bits per heavy atom. The van der Waals surface area contributed by atoms with Crippen molar-refractivity contribution in [3.05, 3.63) is 88.9 Å². The molecule has 6 heteroatoms. The van der Waals surface area contributed by atoms with Crippen LogP contribution in [0, 0.1) is 13.8 Å². The number of hydrogen-bond acceptors (Lipinski definition) is 3. The fraction of sp³-hybridized carbons (Fsp3) is 0.0909. The molecule has 0 aliphatic carbocycles. The van der Waals surface area contributed by atoms with E-state index in [0.29, 0.717) is 16.5 Å². The van der Waals surface area contributed by atoms with E-state index in [9.17, 15) is 4.79 Å². The maximum absolute atomic E-state index is 12.7. The van der Waals surface area contributed by atoms with Crippen LogP contribution in [0.5, 0.6) is 0 Å². The highest BCUT2D eigenvalue weighted by molar-refractivity contribution is 6.30. The fourth-order valence-corrected chi connectivity index (χ4v) is 3.17. The van der Waals surface area contributed by atoms with E-state index < -0.39 is 0 Å². The third-order valence-electron chi connectivity index (χ3n) is 4.49. The van der Waals surface area contributed by atoms with Gasteiger partial charge in [-0.25, -0.2) is 4.68 Å². The lowest BCUT2D eigenvalue weighted by Crippen LogP contribution is -2.12. The second-order valence-electron chi connectivity index (χ2n) is 6.42. The summed E-state index contributed by atoms with van der Waals surface area (Å²) in [4.78, 5) is 12.7. The van der Waals surface area contributed by atoms with Crippen LogP contribution in [0.1, 0.15) is 21.9 Å². The molecule has 140 valence electrons. The lowest BCUT2D eigenvalue weighted by atomic mass is 10.2. The molecule has 0 aliphatic rings. The highest BCUT2D eigenvalue weighted by Crippen LogP contribution is 2.26. The first-order valence-electron chi connectivity index (χ1n) is 8.81. The van der Waals surface area contributed by atoms with Crippen molar-refractivity contribution in [2.45, 2.75) is 13.8 Å². The minimum absolute atomic E-state index is 0.233. The molecule has 2 aromatic heterocycles. The number of nitrogens with one attached hydrogen (secondary N) is 1. The number of amides is 1. The number of hydrogen-bond donors (Lipinski definition) is 1. The van der Waals surface area contributed by atoms with Gasteiger partial charge in [-0.05, 0) is 62.4 Å². The van der Waals surface area contributed by atoms with Crippen molar-refractivity contribution in [1.29, 1.82) is 0 Å². The third kappa shape index (κ3) is 3.44. The molecule has 0 aliphatic heterocycles. The number of halogens is 1. The van der Waals surface area contributed by atoms with Gasteiger partial charge in [-0.3, -0.25) is 4.79 Å². The van der Waals surface area contributed by atoms with Gasteiger partial charge in [0.2, 0.25) is 0 Å². The molecule has 2 heterocycles. The van der Waals surface area contributed by atoms with E-state index in [2.05, 4.69) is 10.4 Å². The van der Waals surface area contributed by atoms with Crippen LogP contribution in [-0.4, -0.2) is 15.7 Å². The van der Waals surface area contributed by atoms with Crippen molar-refractivity contribution in [1.82, 2.24) is 9.78 Å². The van der Waals surface area contributed by atoms with Crippen LogP contribution in [0.2, 0.25) is 5.02 Å². The van der Waals surface area contributed by atoms with Gasteiger partial charge in [0, 0.05) is 10.6 Å². The van der Waals surface area contributed by atoms with Gasteiger partial charge in [-0.1, -0.05) is 29.8 Å². The van der Waals surface area contributed by atoms with E-state index in [1.54, 1.807) is 24.3 Å². The fourth-order valence-electron chi connectivity index (χ4n) is 3.05. The first-order chi connectivity index (χ1) is 13.5. The van der Waals surface area contributed by atoms with Gasteiger partial charge in [0.05, 0.1) is 22.8 Å². The Kier molecular flexibility index (Phi) is 4.75. The lowest BCUT2D eigenvalue weighted by Gasteiger charge is -2.06.